The summed E-state index contributed by atoms with van der Waals surface area (Å²) < 4.78 is 4.70. The van der Waals surface area contributed by atoms with Gasteiger partial charge in [0.05, 0.1) is 6.10 Å². The summed E-state index contributed by atoms with van der Waals surface area (Å²) in [6, 6.07) is 0. The molecule has 0 fully saturated rings. The van der Waals surface area contributed by atoms with Crippen molar-refractivity contribution in [3.8, 4) is 0 Å². The van der Waals surface area contributed by atoms with Crippen molar-refractivity contribution in [2.75, 3.05) is 0 Å². The summed E-state index contributed by atoms with van der Waals surface area (Å²) in [5.41, 5.74) is 0. The predicted octanol–water partition coefficient (Wildman–Crippen LogP) is 3.75. The second-order valence-electron chi connectivity index (χ2n) is 3.05. The second-order valence-corrected chi connectivity index (χ2v) is 3.42. The van der Waals surface area contributed by atoms with Gasteiger partial charge in [-0.15, -0.1) is 13.2 Å². The minimum absolute atomic E-state index is 0. The zero-order valence-corrected chi connectivity index (χ0v) is 12.7. The molecule has 0 aliphatic heterocycles. The molecular weight excluding hydrogens is 304 g/mol. The Hall–Kier alpha value is -2.17. The SMILES string of the molecule is C.C=CC(=O)Cl.C=CC(=O)OC(C=C)C=C.C=CC(O)C=C. The molecule has 0 saturated heterocycles. The van der Waals surface area contributed by atoms with Crippen molar-refractivity contribution in [3.63, 3.8) is 0 Å². The summed E-state index contributed by atoms with van der Waals surface area (Å²) in [5, 5.41) is 7.92. The van der Waals surface area contributed by atoms with E-state index in [1.165, 1.54) is 24.3 Å². The molecule has 22 heavy (non-hydrogen) atoms. The fourth-order valence-corrected chi connectivity index (χ4v) is 0.471. The Morgan fingerprint density at radius 3 is 1.41 bits per heavy atom. The molecule has 0 atom stereocenters. The van der Waals surface area contributed by atoms with E-state index in [-0.39, 0.29) is 7.43 Å². The van der Waals surface area contributed by atoms with Crippen molar-refractivity contribution in [1.29, 1.82) is 0 Å². The van der Waals surface area contributed by atoms with E-state index in [0.717, 1.165) is 12.2 Å². The molecule has 0 aliphatic rings. The summed E-state index contributed by atoms with van der Waals surface area (Å²) in [5.74, 6) is -0.468. The maximum Gasteiger partial charge on any atom is 0.331 e. The molecule has 0 aromatic heterocycles. The summed E-state index contributed by atoms with van der Waals surface area (Å²) in [6.07, 6.45) is 6.97. The van der Waals surface area contributed by atoms with Gasteiger partial charge in [0.15, 0.2) is 0 Å². The first-order valence-corrected chi connectivity index (χ1v) is 6.03. The lowest BCUT2D eigenvalue weighted by molar-refractivity contribution is -0.139. The first kappa shape index (κ1) is 28.1. The molecule has 0 spiro atoms. The maximum atomic E-state index is 10.5. The number of carbonyl (C=O) groups excluding carboxylic acids is 2. The quantitative estimate of drug-likeness (QED) is 0.334. The monoisotopic (exact) mass is 328 g/mol. The van der Waals surface area contributed by atoms with Crippen LogP contribution in [0.4, 0.5) is 0 Å². The average Bonchev–Trinajstić information content (AvgIpc) is 2.52. The van der Waals surface area contributed by atoms with Crippen molar-refractivity contribution in [1.82, 2.24) is 0 Å². The Bertz CT molecular complexity index is 370. The van der Waals surface area contributed by atoms with Gasteiger partial charge in [0, 0.05) is 6.08 Å². The number of aliphatic hydroxyl groups is 1. The number of ether oxygens (including phenoxy) is 1. The zero-order valence-electron chi connectivity index (χ0n) is 11.9. The number of hydrogen-bond donors (Lipinski definition) is 1. The van der Waals surface area contributed by atoms with E-state index in [1.807, 2.05) is 0 Å². The van der Waals surface area contributed by atoms with Crippen molar-refractivity contribution in [2.24, 2.45) is 0 Å². The van der Waals surface area contributed by atoms with E-state index in [1.54, 1.807) is 0 Å². The number of halogens is 1. The number of allylic oxidation sites excluding steroid dienone is 1. The lowest BCUT2D eigenvalue weighted by Gasteiger charge is -2.05. The van der Waals surface area contributed by atoms with Crippen molar-refractivity contribution < 1.29 is 19.4 Å². The van der Waals surface area contributed by atoms with E-state index in [4.69, 9.17) is 21.4 Å². The number of carbonyl (C=O) groups is 2. The Morgan fingerprint density at radius 1 is 0.909 bits per heavy atom. The predicted molar refractivity (Wildman–Crippen MR) is 94.7 cm³/mol. The van der Waals surface area contributed by atoms with Crippen LogP contribution in [0, 0.1) is 0 Å². The third-order valence-electron chi connectivity index (χ3n) is 1.53. The van der Waals surface area contributed by atoms with Crippen LogP contribution < -0.4 is 0 Å². The van der Waals surface area contributed by atoms with Gasteiger partial charge in [-0.25, -0.2) is 4.79 Å². The summed E-state index contributed by atoms with van der Waals surface area (Å²) in [7, 11) is 0. The first-order valence-electron chi connectivity index (χ1n) is 5.66. The number of esters is 1. The van der Waals surface area contributed by atoms with Gasteiger partial charge in [-0.3, -0.25) is 4.79 Å². The van der Waals surface area contributed by atoms with Gasteiger partial charge in [-0.2, -0.15) is 0 Å². The van der Waals surface area contributed by atoms with Gasteiger partial charge in [-0.1, -0.05) is 45.9 Å². The minimum Gasteiger partial charge on any atom is -0.451 e. The van der Waals surface area contributed by atoms with Crippen molar-refractivity contribution >= 4 is 22.8 Å². The Labute approximate surface area is 138 Å². The van der Waals surface area contributed by atoms with Crippen LogP contribution in [0.1, 0.15) is 7.43 Å². The van der Waals surface area contributed by atoms with E-state index >= 15 is 0 Å². The molecule has 4 nitrogen and oxygen atoms in total. The van der Waals surface area contributed by atoms with E-state index in [0.29, 0.717) is 0 Å². The van der Waals surface area contributed by atoms with Crippen LogP contribution in [0.5, 0.6) is 0 Å². The number of aliphatic hydroxyl groups excluding tert-OH is 1. The summed E-state index contributed by atoms with van der Waals surface area (Å²) in [6.45, 7) is 19.8. The molecule has 5 heteroatoms. The van der Waals surface area contributed by atoms with E-state index < -0.39 is 23.4 Å². The van der Waals surface area contributed by atoms with Crippen LogP contribution in [0.2, 0.25) is 0 Å². The van der Waals surface area contributed by atoms with Crippen LogP contribution >= 0.6 is 11.6 Å². The molecular formula is C17H25ClO4. The molecule has 0 saturated carbocycles. The molecule has 124 valence electrons. The molecule has 0 unspecified atom stereocenters. The fourth-order valence-electron chi connectivity index (χ4n) is 0.471. The fraction of sp³-hybridized carbons (Fsp3) is 0.176. The molecule has 0 aromatic carbocycles. The smallest absolute Gasteiger partial charge is 0.331 e. The highest BCUT2D eigenvalue weighted by molar-refractivity contribution is 6.66. The number of rotatable bonds is 7. The summed E-state index contributed by atoms with van der Waals surface area (Å²) in [4.78, 5) is 20.0. The van der Waals surface area contributed by atoms with Crippen LogP contribution in [-0.4, -0.2) is 28.5 Å². The third kappa shape index (κ3) is 26.4. The summed E-state index contributed by atoms with van der Waals surface area (Å²) >= 11 is 4.71. The lowest BCUT2D eigenvalue weighted by atomic mass is 10.3. The highest BCUT2D eigenvalue weighted by Gasteiger charge is 2.01. The van der Waals surface area contributed by atoms with Gasteiger partial charge in [0.1, 0.15) is 6.10 Å². The first-order chi connectivity index (χ1) is 9.82. The third-order valence-corrected chi connectivity index (χ3v) is 1.68. The molecule has 0 aliphatic carbocycles. The van der Waals surface area contributed by atoms with Crippen LogP contribution in [0.25, 0.3) is 0 Å². The molecule has 0 bridgehead atoms. The van der Waals surface area contributed by atoms with Crippen LogP contribution in [-0.2, 0) is 14.3 Å². The highest BCUT2D eigenvalue weighted by atomic mass is 35.5. The molecule has 0 rings (SSSR count). The Kier molecular flexibility index (Phi) is 27.0. The molecule has 0 aromatic rings. The van der Waals surface area contributed by atoms with Gasteiger partial charge in [0.2, 0.25) is 5.24 Å². The van der Waals surface area contributed by atoms with E-state index in [9.17, 15) is 9.59 Å². The van der Waals surface area contributed by atoms with Gasteiger partial charge in [0.25, 0.3) is 0 Å². The Morgan fingerprint density at radius 2 is 1.27 bits per heavy atom. The van der Waals surface area contributed by atoms with Crippen LogP contribution in [0.15, 0.2) is 75.9 Å². The molecule has 1 N–H and O–H groups in total. The van der Waals surface area contributed by atoms with Gasteiger partial charge in [-0.05, 0) is 29.8 Å². The Balaban J connectivity index is -0.000000117. The second kappa shape index (κ2) is 21.1. The standard InChI is InChI=1S/C8H10O2.C5H8O.C3H3ClO.CH4/c1-4-7(5-2)10-8(9)6-3;1-3-5(6)4-2;1-2-3(4)5;/h4-7H,1-3H2;3-6H,1-2H2;2H,1H2;1H4. The topological polar surface area (TPSA) is 63.6 Å². The van der Waals surface area contributed by atoms with E-state index in [2.05, 4.69) is 39.5 Å². The lowest BCUT2D eigenvalue weighted by Crippen LogP contribution is -2.10. The molecule has 0 heterocycles. The van der Waals surface area contributed by atoms with Crippen molar-refractivity contribution in [3.05, 3.63) is 75.9 Å². The normalized spacial score (nSPS) is 7.64. The van der Waals surface area contributed by atoms with Gasteiger partial charge < -0.3 is 9.84 Å². The van der Waals surface area contributed by atoms with Crippen molar-refractivity contribution in [2.45, 2.75) is 19.6 Å². The van der Waals surface area contributed by atoms with Gasteiger partial charge >= 0.3 is 5.97 Å². The largest absolute Gasteiger partial charge is 0.451 e. The average molecular weight is 329 g/mol. The molecule has 0 amide bonds. The zero-order chi connectivity index (χ0) is 17.3. The minimum atomic E-state index is -0.537. The van der Waals surface area contributed by atoms with Crippen LogP contribution in [0.3, 0.4) is 0 Å². The maximum absolute atomic E-state index is 10.5. The number of hydrogen-bond acceptors (Lipinski definition) is 4. The molecule has 0 radical (unpaired) electrons. The highest BCUT2D eigenvalue weighted by Crippen LogP contribution is 1.94.